The van der Waals surface area contributed by atoms with Gasteiger partial charge in [-0.15, -0.1) is 11.3 Å². The van der Waals surface area contributed by atoms with Crippen molar-refractivity contribution in [3.05, 3.63) is 78.2 Å². The van der Waals surface area contributed by atoms with Gasteiger partial charge in [0.2, 0.25) is 0 Å². The van der Waals surface area contributed by atoms with Crippen molar-refractivity contribution in [1.82, 2.24) is 39.6 Å². The van der Waals surface area contributed by atoms with E-state index in [1.165, 1.54) is 10.2 Å². The molecule has 196 valence electrons. The Labute approximate surface area is 227 Å². The van der Waals surface area contributed by atoms with E-state index in [9.17, 15) is 4.39 Å². The van der Waals surface area contributed by atoms with Crippen molar-refractivity contribution in [2.24, 2.45) is 5.41 Å². The highest BCUT2D eigenvalue weighted by Gasteiger charge is 2.70. The van der Waals surface area contributed by atoms with Crippen molar-refractivity contribution in [2.45, 2.75) is 51.0 Å². The van der Waals surface area contributed by atoms with Gasteiger partial charge >= 0.3 is 0 Å². The molecule has 3 aliphatic carbocycles. The Morgan fingerprint density at radius 3 is 2.90 bits per heavy atom. The Balaban J connectivity index is 0.964. The molecule has 2 bridgehead atoms. The lowest BCUT2D eigenvalue weighted by Crippen LogP contribution is -2.70. The number of rotatable bonds is 8. The molecule has 3 saturated carbocycles. The predicted molar refractivity (Wildman–Crippen MR) is 150 cm³/mol. The molecule has 6 aromatic rings. The zero-order valence-corrected chi connectivity index (χ0v) is 22.2. The minimum absolute atomic E-state index is 0.169. The lowest BCUT2D eigenvalue weighted by molar-refractivity contribution is -0.226. The number of hydrogen-bond donors (Lipinski definition) is 2. The van der Waals surface area contributed by atoms with Crippen molar-refractivity contribution in [3.63, 3.8) is 0 Å². The summed E-state index contributed by atoms with van der Waals surface area (Å²) >= 11 is 1.73. The molecule has 9 rings (SSSR count). The Morgan fingerprint density at radius 1 is 1.13 bits per heavy atom. The fraction of sp³-hybridized carbons (Fsp3) is 0.310. The number of thiophene rings is 1. The van der Waals surface area contributed by atoms with Crippen LogP contribution in [0, 0.1) is 5.41 Å². The van der Waals surface area contributed by atoms with Crippen LogP contribution in [0.1, 0.15) is 37.6 Å². The van der Waals surface area contributed by atoms with Crippen LogP contribution in [0.2, 0.25) is 0 Å². The first-order chi connectivity index (χ1) is 19.0. The van der Waals surface area contributed by atoms with Crippen LogP contribution in [0.15, 0.2) is 66.8 Å². The SMILES string of the molecule is CC(NCc1cc2cnc(Cn3cnc(-c4cncc(-n5ccc6sccc65)c4)n3)cc2[nH]1)C12CC(F)(C1)C2. The molecule has 3 aliphatic rings. The summed E-state index contributed by atoms with van der Waals surface area (Å²) in [4.78, 5) is 17.2. The summed E-state index contributed by atoms with van der Waals surface area (Å²) in [6.07, 6.45) is 11.5. The van der Waals surface area contributed by atoms with Gasteiger partial charge in [0, 0.05) is 53.3 Å². The first kappa shape index (κ1) is 23.0. The molecule has 3 fully saturated rings. The van der Waals surface area contributed by atoms with E-state index < -0.39 is 5.67 Å². The van der Waals surface area contributed by atoms with E-state index in [2.05, 4.69) is 78.7 Å². The summed E-state index contributed by atoms with van der Waals surface area (Å²) in [6.45, 7) is 3.43. The summed E-state index contributed by atoms with van der Waals surface area (Å²) in [5.41, 5.74) is 5.37. The van der Waals surface area contributed by atoms with Gasteiger partial charge in [0.25, 0.3) is 0 Å². The van der Waals surface area contributed by atoms with Crippen LogP contribution in [0.3, 0.4) is 0 Å². The van der Waals surface area contributed by atoms with E-state index in [0.717, 1.165) is 40.1 Å². The molecule has 1 unspecified atom stereocenters. The molecule has 0 aromatic carbocycles. The van der Waals surface area contributed by atoms with Gasteiger partial charge in [-0.05, 0) is 67.3 Å². The highest BCUT2D eigenvalue weighted by molar-refractivity contribution is 7.17. The molecule has 0 saturated heterocycles. The Kier molecular flexibility index (Phi) is 4.90. The number of aromatic amines is 1. The van der Waals surface area contributed by atoms with E-state index in [0.29, 0.717) is 37.7 Å². The number of halogens is 1. The molecule has 10 heteroatoms. The summed E-state index contributed by atoms with van der Waals surface area (Å²) in [6, 6.07) is 10.8. The number of aromatic nitrogens is 7. The molecule has 8 nitrogen and oxygen atoms in total. The zero-order chi connectivity index (χ0) is 26.2. The quantitative estimate of drug-likeness (QED) is 0.262. The van der Waals surface area contributed by atoms with Gasteiger partial charge < -0.3 is 14.9 Å². The van der Waals surface area contributed by atoms with Crippen LogP contribution in [-0.4, -0.2) is 46.0 Å². The maximum atomic E-state index is 13.9. The standard InChI is InChI=1S/C29H27FN8S/c1-18(28-14-29(30,15-28)16-28)32-11-21-6-19-10-33-22(8-24(19)35-21)13-37-17-34-27(36-37)20-7-23(12-31-9-20)38-4-2-26-25(38)3-5-39-26/h2-10,12,17-18,32,35H,11,13-16H2,1H3. The first-order valence-electron chi connectivity index (χ1n) is 13.2. The highest BCUT2D eigenvalue weighted by Crippen LogP contribution is 2.70. The normalized spacial score (nSPS) is 22.7. The number of nitrogens with one attached hydrogen (secondary N) is 2. The van der Waals surface area contributed by atoms with Crippen molar-refractivity contribution < 1.29 is 4.39 Å². The summed E-state index contributed by atoms with van der Waals surface area (Å²) in [5.74, 6) is 0.629. The molecular formula is C29H27FN8S. The van der Waals surface area contributed by atoms with Crippen molar-refractivity contribution in [3.8, 4) is 17.1 Å². The second-order valence-electron chi connectivity index (χ2n) is 11.3. The molecule has 39 heavy (non-hydrogen) atoms. The summed E-state index contributed by atoms with van der Waals surface area (Å²) in [5, 5.41) is 11.5. The molecule has 0 aliphatic heterocycles. The van der Waals surface area contributed by atoms with Crippen molar-refractivity contribution >= 4 is 32.5 Å². The average Bonchev–Trinajstić information content (AvgIpc) is 3.69. The minimum atomic E-state index is -0.856. The Hall–Kier alpha value is -3.89. The second kappa shape index (κ2) is 8.30. The maximum Gasteiger partial charge on any atom is 0.182 e. The number of fused-ring (bicyclic) bond motifs is 2. The van der Waals surface area contributed by atoms with Crippen LogP contribution in [0.25, 0.3) is 38.2 Å². The lowest BCUT2D eigenvalue weighted by atomic mass is 9.40. The Morgan fingerprint density at radius 2 is 2.03 bits per heavy atom. The third kappa shape index (κ3) is 3.81. The third-order valence-corrected chi connectivity index (χ3v) is 9.44. The van der Waals surface area contributed by atoms with Gasteiger partial charge in [-0.1, -0.05) is 0 Å². The smallest absolute Gasteiger partial charge is 0.182 e. The first-order valence-corrected chi connectivity index (χ1v) is 14.1. The maximum absolute atomic E-state index is 13.9. The van der Waals surface area contributed by atoms with Gasteiger partial charge in [0.15, 0.2) is 5.82 Å². The average molecular weight is 539 g/mol. The summed E-state index contributed by atoms with van der Waals surface area (Å²) in [7, 11) is 0. The zero-order valence-electron chi connectivity index (χ0n) is 21.4. The number of pyridine rings is 2. The lowest BCUT2D eigenvalue weighted by Gasteiger charge is -2.68. The minimum Gasteiger partial charge on any atom is -0.357 e. The predicted octanol–water partition coefficient (Wildman–Crippen LogP) is 5.64. The number of hydrogen-bond acceptors (Lipinski definition) is 6. The Bertz CT molecular complexity index is 1820. The van der Waals surface area contributed by atoms with E-state index in [1.54, 1.807) is 28.5 Å². The van der Waals surface area contributed by atoms with Gasteiger partial charge in [-0.25, -0.2) is 14.1 Å². The molecule has 0 radical (unpaired) electrons. The van der Waals surface area contributed by atoms with Gasteiger partial charge in [-0.2, -0.15) is 5.10 Å². The van der Waals surface area contributed by atoms with E-state index >= 15 is 0 Å². The van der Waals surface area contributed by atoms with E-state index in [1.807, 2.05) is 12.4 Å². The molecular weight excluding hydrogens is 511 g/mol. The molecule has 0 amide bonds. The van der Waals surface area contributed by atoms with Crippen LogP contribution in [-0.2, 0) is 13.1 Å². The van der Waals surface area contributed by atoms with Crippen molar-refractivity contribution in [1.29, 1.82) is 0 Å². The van der Waals surface area contributed by atoms with Gasteiger partial charge in [0.1, 0.15) is 12.0 Å². The fourth-order valence-electron chi connectivity index (χ4n) is 6.42. The molecule has 1 atom stereocenters. The van der Waals surface area contributed by atoms with Gasteiger partial charge in [0.05, 0.1) is 34.3 Å². The molecule has 0 spiro atoms. The molecule has 6 heterocycles. The number of nitrogens with zero attached hydrogens (tertiary/aromatic N) is 6. The van der Waals surface area contributed by atoms with Crippen LogP contribution in [0.4, 0.5) is 4.39 Å². The van der Waals surface area contributed by atoms with Crippen molar-refractivity contribution in [2.75, 3.05) is 0 Å². The van der Waals surface area contributed by atoms with Gasteiger partial charge in [-0.3, -0.25) is 9.97 Å². The molecule has 6 aromatic heterocycles. The second-order valence-corrected chi connectivity index (χ2v) is 12.2. The summed E-state index contributed by atoms with van der Waals surface area (Å²) < 4.78 is 19.1. The number of H-pyrrole nitrogens is 1. The highest BCUT2D eigenvalue weighted by atomic mass is 32.1. The van der Waals surface area contributed by atoms with E-state index in [4.69, 9.17) is 5.10 Å². The fourth-order valence-corrected chi connectivity index (χ4v) is 7.19. The molecule has 2 N–H and O–H groups in total. The number of alkyl halides is 1. The topological polar surface area (TPSA) is 89.2 Å². The largest absolute Gasteiger partial charge is 0.357 e. The van der Waals surface area contributed by atoms with Crippen LogP contribution >= 0.6 is 11.3 Å². The van der Waals surface area contributed by atoms with Crippen LogP contribution in [0.5, 0.6) is 0 Å². The van der Waals surface area contributed by atoms with Crippen LogP contribution < -0.4 is 5.32 Å². The third-order valence-electron chi connectivity index (χ3n) is 8.57. The van der Waals surface area contributed by atoms with E-state index in [-0.39, 0.29) is 5.41 Å². The monoisotopic (exact) mass is 538 g/mol.